The fraction of sp³-hybridized carbons (Fsp3) is 0.0909. The van der Waals surface area contributed by atoms with Gasteiger partial charge in [0.1, 0.15) is 6.20 Å². The lowest BCUT2D eigenvalue weighted by atomic mass is 10.2. The molecule has 2 heterocycles. The summed E-state index contributed by atoms with van der Waals surface area (Å²) in [5.41, 5.74) is 0.762. The zero-order valence-electron chi connectivity index (χ0n) is 9.49. The van der Waals surface area contributed by atoms with Gasteiger partial charge in [0.2, 0.25) is 4.96 Å². The molecule has 0 saturated heterocycles. The van der Waals surface area contributed by atoms with E-state index in [9.17, 15) is 4.79 Å². The van der Waals surface area contributed by atoms with Crippen molar-refractivity contribution in [2.24, 2.45) is 0 Å². The highest BCUT2D eigenvalue weighted by Gasteiger charge is 2.08. The summed E-state index contributed by atoms with van der Waals surface area (Å²) in [6, 6.07) is 7.65. The van der Waals surface area contributed by atoms with Gasteiger partial charge in [-0.25, -0.2) is 0 Å². The normalized spacial score (nSPS) is 11.0. The van der Waals surface area contributed by atoms with Crippen LogP contribution in [-0.2, 0) is 5.75 Å². The monoisotopic (exact) mass is 310 g/mol. The molecule has 0 fully saturated rings. The lowest BCUT2D eigenvalue weighted by Crippen LogP contribution is -2.14. The van der Waals surface area contributed by atoms with Gasteiger partial charge < -0.3 is 0 Å². The molecule has 0 unspecified atom stereocenters. The first-order chi connectivity index (χ1) is 9.24. The zero-order valence-corrected chi connectivity index (χ0v) is 11.9. The first-order valence-electron chi connectivity index (χ1n) is 5.32. The smallest absolute Gasteiger partial charge is 0.265 e. The lowest BCUT2D eigenvalue weighted by molar-refractivity contribution is 0.823. The minimum Gasteiger partial charge on any atom is -0.265 e. The van der Waals surface area contributed by atoms with Gasteiger partial charge in [0, 0.05) is 10.8 Å². The van der Waals surface area contributed by atoms with Crippen molar-refractivity contribution in [2.75, 3.05) is 0 Å². The highest BCUT2D eigenvalue weighted by Crippen LogP contribution is 2.28. The second kappa shape index (κ2) is 5.28. The van der Waals surface area contributed by atoms with Gasteiger partial charge in [-0.2, -0.15) is 9.61 Å². The Morgan fingerprint density at radius 1 is 1.37 bits per heavy atom. The first kappa shape index (κ1) is 12.6. The number of halogens is 1. The van der Waals surface area contributed by atoms with Crippen molar-refractivity contribution in [1.82, 2.24) is 19.8 Å². The number of hydrogen-bond donors (Lipinski definition) is 0. The standard InChI is InChI=1S/C11H7ClN4OS2/c12-8-4-2-1-3-7(8)6-18-11-15-16-9(17)5-13-14-10(16)19-11/h1-5H,6H2. The second-order valence-electron chi connectivity index (χ2n) is 3.63. The molecule has 0 saturated carbocycles. The lowest BCUT2D eigenvalue weighted by Gasteiger charge is -2.00. The van der Waals surface area contributed by atoms with Gasteiger partial charge in [-0.3, -0.25) is 4.79 Å². The number of benzene rings is 1. The molecule has 0 aliphatic rings. The topological polar surface area (TPSA) is 60.2 Å². The van der Waals surface area contributed by atoms with Gasteiger partial charge in [-0.1, -0.05) is 52.9 Å². The van der Waals surface area contributed by atoms with Crippen molar-refractivity contribution >= 4 is 39.7 Å². The van der Waals surface area contributed by atoms with Crippen molar-refractivity contribution in [1.29, 1.82) is 0 Å². The molecule has 0 radical (unpaired) electrons. The highest BCUT2D eigenvalue weighted by atomic mass is 35.5. The van der Waals surface area contributed by atoms with Crippen molar-refractivity contribution < 1.29 is 0 Å². The molecule has 3 rings (SSSR count). The van der Waals surface area contributed by atoms with Crippen LogP contribution in [0.15, 0.2) is 39.6 Å². The molecule has 2 aromatic heterocycles. The van der Waals surface area contributed by atoms with Gasteiger partial charge in [-0.05, 0) is 11.6 Å². The van der Waals surface area contributed by atoms with E-state index in [0.29, 0.717) is 10.7 Å². The first-order valence-corrected chi connectivity index (χ1v) is 7.50. The van der Waals surface area contributed by atoms with Gasteiger partial charge in [-0.15, -0.1) is 10.2 Å². The summed E-state index contributed by atoms with van der Waals surface area (Å²) in [4.78, 5) is 12.0. The highest BCUT2D eigenvalue weighted by molar-refractivity contribution is 8.00. The van der Waals surface area contributed by atoms with Crippen molar-refractivity contribution in [3.63, 3.8) is 0 Å². The minimum absolute atomic E-state index is 0.272. The van der Waals surface area contributed by atoms with E-state index in [1.54, 1.807) is 0 Å². The van der Waals surface area contributed by atoms with Gasteiger partial charge in [0.15, 0.2) is 4.34 Å². The predicted molar refractivity (Wildman–Crippen MR) is 75.9 cm³/mol. The Bertz CT molecular complexity index is 785. The fourth-order valence-corrected chi connectivity index (χ4v) is 3.64. The summed E-state index contributed by atoms with van der Waals surface area (Å²) < 4.78 is 2.02. The molecule has 0 aliphatic heterocycles. The maximum atomic E-state index is 11.5. The van der Waals surface area contributed by atoms with E-state index in [1.807, 2.05) is 24.3 Å². The van der Waals surface area contributed by atoms with Crippen molar-refractivity contribution in [2.45, 2.75) is 10.1 Å². The molecular formula is C11H7ClN4OS2. The summed E-state index contributed by atoms with van der Waals surface area (Å²) in [5, 5.41) is 12.4. The molecule has 96 valence electrons. The molecule has 0 amide bonds. The number of rotatable bonds is 3. The third kappa shape index (κ3) is 2.63. The van der Waals surface area contributed by atoms with Gasteiger partial charge in [0.05, 0.1) is 0 Å². The Morgan fingerprint density at radius 3 is 3.00 bits per heavy atom. The average molecular weight is 311 g/mol. The summed E-state index contributed by atoms with van der Waals surface area (Å²) in [6.07, 6.45) is 1.15. The Kier molecular flexibility index (Phi) is 3.50. The predicted octanol–water partition coefficient (Wildman–Crippen LogP) is 2.49. The van der Waals surface area contributed by atoms with Gasteiger partial charge in [0.25, 0.3) is 5.56 Å². The van der Waals surface area contributed by atoms with E-state index in [4.69, 9.17) is 11.6 Å². The Hall–Kier alpha value is -1.44. The number of aromatic nitrogens is 4. The van der Waals surface area contributed by atoms with Crippen LogP contribution < -0.4 is 5.56 Å². The molecule has 19 heavy (non-hydrogen) atoms. The molecule has 3 aromatic rings. The largest absolute Gasteiger partial charge is 0.293 e. The molecule has 5 nitrogen and oxygen atoms in total. The number of nitrogens with zero attached hydrogens (tertiary/aromatic N) is 4. The fourth-order valence-electron chi connectivity index (χ4n) is 1.47. The molecule has 8 heteroatoms. The summed E-state index contributed by atoms with van der Waals surface area (Å²) in [6.45, 7) is 0. The quantitative estimate of drug-likeness (QED) is 0.696. The number of hydrogen-bond acceptors (Lipinski definition) is 6. The zero-order chi connectivity index (χ0) is 13.2. The van der Waals surface area contributed by atoms with E-state index in [-0.39, 0.29) is 5.56 Å². The summed E-state index contributed by atoms with van der Waals surface area (Å²) in [5.74, 6) is 0.696. The SMILES string of the molecule is O=c1cnnc2sc(SCc3ccccc3Cl)nn12. The molecule has 0 atom stereocenters. The van der Waals surface area contributed by atoms with E-state index < -0.39 is 0 Å². The third-order valence-corrected chi connectivity index (χ3v) is 4.82. The summed E-state index contributed by atoms with van der Waals surface area (Å²) >= 11 is 8.94. The second-order valence-corrected chi connectivity index (χ2v) is 6.21. The van der Waals surface area contributed by atoms with Crippen LogP contribution in [0.25, 0.3) is 4.96 Å². The molecular weight excluding hydrogens is 304 g/mol. The van der Waals surface area contributed by atoms with Crippen LogP contribution in [0, 0.1) is 0 Å². The Labute approximate surface area is 121 Å². The van der Waals surface area contributed by atoms with Crippen LogP contribution >= 0.6 is 34.7 Å². The van der Waals surface area contributed by atoms with Gasteiger partial charge >= 0.3 is 0 Å². The van der Waals surface area contributed by atoms with Crippen molar-refractivity contribution in [3.05, 3.63) is 51.4 Å². The van der Waals surface area contributed by atoms with Crippen LogP contribution in [0.5, 0.6) is 0 Å². The average Bonchev–Trinajstić information content (AvgIpc) is 2.82. The molecule has 0 bridgehead atoms. The molecule has 0 N–H and O–H groups in total. The van der Waals surface area contributed by atoms with Crippen molar-refractivity contribution in [3.8, 4) is 0 Å². The third-order valence-electron chi connectivity index (χ3n) is 2.37. The maximum Gasteiger partial charge on any atom is 0.293 e. The molecule has 0 spiro atoms. The molecule has 0 aliphatic carbocycles. The van der Waals surface area contributed by atoms with Crippen LogP contribution in [0.3, 0.4) is 0 Å². The van der Waals surface area contributed by atoms with E-state index in [0.717, 1.165) is 21.1 Å². The Balaban J connectivity index is 1.85. The maximum absolute atomic E-state index is 11.5. The Morgan fingerprint density at radius 2 is 2.21 bits per heavy atom. The van der Waals surface area contributed by atoms with E-state index >= 15 is 0 Å². The van der Waals surface area contributed by atoms with Crippen LogP contribution in [0.1, 0.15) is 5.56 Å². The van der Waals surface area contributed by atoms with E-state index in [2.05, 4.69) is 15.3 Å². The molecule has 1 aromatic carbocycles. The number of thioether (sulfide) groups is 1. The van der Waals surface area contributed by atoms with Crippen LogP contribution in [-0.4, -0.2) is 19.8 Å². The van der Waals surface area contributed by atoms with E-state index in [1.165, 1.54) is 27.6 Å². The van der Waals surface area contributed by atoms with Crippen LogP contribution in [0.4, 0.5) is 0 Å². The number of fused-ring (bicyclic) bond motifs is 1. The summed E-state index contributed by atoms with van der Waals surface area (Å²) in [7, 11) is 0. The van der Waals surface area contributed by atoms with Crippen LogP contribution in [0.2, 0.25) is 5.02 Å². The minimum atomic E-state index is -0.272.